The highest BCUT2D eigenvalue weighted by Gasteiger charge is 2.22. The number of ether oxygens (including phenoxy) is 4. The molecule has 2 atom stereocenters. The molecule has 0 spiro atoms. The molecule has 0 N–H and O–H groups in total. The number of hydrogen-bond acceptors (Lipinski definition) is 8. The van der Waals surface area contributed by atoms with E-state index in [1.807, 2.05) is 21.1 Å². The minimum Gasteiger partial charge on any atom is -0.545 e. The number of carboxylic acid groups (broad SMARTS) is 1. The Morgan fingerprint density at radius 1 is 0.390 bits per heavy atom. The Bertz CT molecular complexity index is 1810. The third-order valence-corrected chi connectivity index (χ3v) is 11.8. The van der Waals surface area contributed by atoms with Gasteiger partial charge in [-0.05, 0) is 122 Å². The average molecular weight is 1070 g/mol. The molecule has 432 valence electrons. The van der Waals surface area contributed by atoms with Crippen LogP contribution in [0.3, 0.4) is 0 Å². The van der Waals surface area contributed by atoms with Gasteiger partial charge in [0.2, 0.25) is 0 Å². The zero-order valence-corrected chi connectivity index (χ0v) is 49.0. The SMILES string of the molecule is CC/C=C\C/C=C\C/C=C\C/C=C\C/C=C\C/C=C\C/C=C\CCCCCCCC(=O)OC(COC(=O)CCCCCCCC/C=C\C/C=C\C/C=C\C/C=C\C/C=C\C/C=C\CC)COC(OCC[N+](C)(C)C)C(=O)[O-]. The van der Waals surface area contributed by atoms with E-state index < -0.39 is 24.3 Å². The largest absolute Gasteiger partial charge is 0.545 e. The Hall–Kier alpha value is -5.09. The molecule has 0 rings (SSSR count). The highest BCUT2D eigenvalue weighted by atomic mass is 16.7. The molecule has 0 amide bonds. The zero-order valence-electron chi connectivity index (χ0n) is 49.0. The molecule has 77 heavy (non-hydrogen) atoms. The second-order valence-electron chi connectivity index (χ2n) is 20.2. The van der Waals surface area contributed by atoms with Crippen molar-refractivity contribution >= 4 is 17.9 Å². The van der Waals surface area contributed by atoms with E-state index in [4.69, 9.17) is 18.9 Å². The molecule has 0 bridgehead atoms. The summed E-state index contributed by atoms with van der Waals surface area (Å²) in [5, 5.41) is 11.8. The number of esters is 2. The first-order valence-corrected chi connectivity index (χ1v) is 29.6. The molecule has 0 aromatic heterocycles. The van der Waals surface area contributed by atoms with E-state index in [1.54, 1.807) is 0 Å². The molecule has 0 aromatic rings. The molecule has 0 aliphatic rings. The number of carbonyl (C=O) groups excluding carboxylic acids is 3. The summed E-state index contributed by atoms with van der Waals surface area (Å²) in [5.74, 6) is -2.35. The molecular formula is C68H107NO8. The zero-order chi connectivity index (χ0) is 56.2. The molecule has 9 nitrogen and oxygen atoms in total. The molecule has 2 unspecified atom stereocenters. The van der Waals surface area contributed by atoms with Crippen molar-refractivity contribution in [1.29, 1.82) is 0 Å². The molecule has 9 heteroatoms. The van der Waals surface area contributed by atoms with Crippen LogP contribution >= 0.6 is 0 Å². The van der Waals surface area contributed by atoms with Gasteiger partial charge in [-0.15, -0.1) is 0 Å². The Morgan fingerprint density at radius 2 is 0.701 bits per heavy atom. The van der Waals surface area contributed by atoms with Gasteiger partial charge in [0.25, 0.3) is 0 Å². The summed E-state index contributed by atoms with van der Waals surface area (Å²) >= 11 is 0. The molecule has 0 aromatic carbocycles. The Morgan fingerprint density at radius 3 is 1.04 bits per heavy atom. The Balaban J connectivity index is 4.38. The average Bonchev–Trinajstić information content (AvgIpc) is 3.40. The van der Waals surface area contributed by atoms with Gasteiger partial charge < -0.3 is 33.3 Å². The first-order chi connectivity index (χ1) is 37.6. The van der Waals surface area contributed by atoms with Gasteiger partial charge in [0.1, 0.15) is 13.2 Å². The number of carbonyl (C=O) groups is 3. The topological polar surface area (TPSA) is 111 Å². The van der Waals surface area contributed by atoms with Crippen molar-refractivity contribution in [2.24, 2.45) is 0 Å². The lowest BCUT2D eigenvalue weighted by molar-refractivity contribution is -0.870. The fourth-order valence-electron chi connectivity index (χ4n) is 7.28. The van der Waals surface area contributed by atoms with Crippen molar-refractivity contribution in [2.75, 3.05) is 47.5 Å². The summed E-state index contributed by atoms with van der Waals surface area (Å²) in [7, 11) is 5.89. The quantitative estimate of drug-likeness (QED) is 0.0195. The van der Waals surface area contributed by atoms with Crippen LogP contribution in [0.2, 0.25) is 0 Å². The van der Waals surface area contributed by atoms with Gasteiger partial charge in [0, 0.05) is 12.8 Å². The van der Waals surface area contributed by atoms with Crippen molar-refractivity contribution < 1.29 is 42.9 Å². The van der Waals surface area contributed by atoms with Gasteiger partial charge in [0.15, 0.2) is 12.4 Å². The summed E-state index contributed by atoms with van der Waals surface area (Å²) in [5.41, 5.74) is 0. The normalized spacial score (nSPS) is 13.9. The molecule has 0 saturated carbocycles. The summed E-state index contributed by atoms with van der Waals surface area (Å²) in [6, 6.07) is 0. The van der Waals surface area contributed by atoms with Gasteiger partial charge in [-0.2, -0.15) is 0 Å². The third kappa shape index (κ3) is 58.4. The van der Waals surface area contributed by atoms with Crippen molar-refractivity contribution in [3.63, 3.8) is 0 Å². The van der Waals surface area contributed by atoms with Crippen LogP contribution in [-0.2, 0) is 33.3 Å². The lowest BCUT2D eigenvalue weighted by atomic mass is 10.1. The smallest absolute Gasteiger partial charge is 0.306 e. The highest BCUT2D eigenvalue weighted by molar-refractivity contribution is 5.70. The van der Waals surface area contributed by atoms with E-state index in [0.717, 1.165) is 154 Å². The second kappa shape index (κ2) is 57.1. The van der Waals surface area contributed by atoms with Crippen molar-refractivity contribution in [2.45, 2.75) is 206 Å². The second-order valence-corrected chi connectivity index (χ2v) is 20.2. The molecule has 0 saturated heterocycles. The predicted molar refractivity (Wildman–Crippen MR) is 324 cm³/mol. The van der Waals surface area contributed by atoms with Crippen LogP contribution in [0.4, 0.5) is 0 Å². The summed E-state index contributed by atoms with van der Waals surface area (Å²) in [6.45, 7) is 4.45. The summed E-state index contributed by atoms with van der Waals surface area (Å²) in [6.07, 6.45) is 81.4. The number of carboxylic acids is 1. The van der Waals surface area contributed by atoms with Crippen LogP contribution in [0, 0.1) is 0 Å². The highest BCUT2D eigenvalue weighted by Crippen LogP contribution is 2.13. The van der Waals surface area contributed by atoms with E-state index >= 15 is 0 Å². The maximum Gasteiger partial charge on any atom is 0.306 e. The van der Waals surface area contributed by atoms with E-state index in [-0.39, 0.29) is 38.6 Å². The molecule has 0 aliphatic heterocycles. The van der Waals surface area contributed by atoms with Crippen LogP contribution < -0.4 is 5.11 Å². The van der Waals surface area contributed by atoms with Crippen LogP contribution in [0.25, 0.3) is 0 Å². The van der Waals surface area contributed by atoms with Crippen molar-refractivity contribution in [3.05, 3.63) is 158 Å². The Labute approximate surface area is 470 Å². The van der Waals surface area contributed by atoms with Crippen LogP contribution in [-0.4, -0.2) is 82.3 Å². The maximum absolute atomic E-state index is 12.9. The summed E-state index contributed by atoms with van der Waals surface area (Å²) in [4.78, 5) is 37.3. The molecule has 0 fully saturated rings. The van der Waals surface area contributed by atoms with Gasteiger partial charge >= 0.3 is 11.9 Å². The molecule has 0 heterocycles. The van der Waals surface area contributed by atoms with E-state index in [2.05, 4.69) is 172 Å². The maximum atomic E-state index is 12.9. The number of hydrogen-bond donors (Lipinski definition) is 0. The lowest BCUT2D eigenvalue weighted by Crippen LogP contribution is -2.44. The van der Waals surface area contributed by atoms with Gasteiger partial charge in [-0.1, -0.05) is 217 Å². The third-order valence-electron chi connectivity index (χ3n) is 11.8. The minimum absolute atomic E-state index is 0.131. The fraction of sp³-hybridized carbons (Fsp3) is 0.574. The number of unbranched alkanes of at least 4 members (excludes halogenated alkanes) is 11. The van der Waals surface area contributed by atoms with Gasteiger partial charge in [-0.3, -0.25) is 9.59 Å². The van der Waals surface area contributed by atoms with E-state index in [9.17, 15) is 19.5 Å². The number of nitrogens with zero attached hydrogens (tertiary/aromatic N) is 1. The molecule has 0 radical (unpaired) electrons. The van der Waals surface area contributed by atoms with E-state index in [0.29, 0.717) is 23.9 Å². The summed E-state index contributed by atoms with van der Waals surface area (Å²) < 4.78 is 22.7. The van der Waals surface area contributed by atoms with Crippen LogP contribution in [0.1, 0.15) is 194 Å². The number of likely N-dealkylation sites (N-methyl/N-ethyl adjacent to an activating group) is 1. The van der Waals surface area contributed by atoms with Crippen molar-refractivity contribution in [1.82, 2.24) is 0 Å². The standard InChI is InChI=1S/C68H107NO8/c1-6-8-10-12-14-16-18-20-22-24-26-28-30-32-33-35-37-39-41-43-45-47-49-51-53-55-57-59-66(71)77-64(63-76-68(67(72)73)74-61-60-69(3,4)5)62-75-65(70)58-56-54-52-50-48-46-44-42-40-38-36-34-31-29-27-25-23-21-19-17-15-13-11-9-7-2/h8-11,14-17,20-23,26-29,32-34,36-37,39-40,42-43,45,64,68H,6-7,12-13,18-19,24-25,30-31,35,38,41,44,46-63H2,1-5H3/b10-8-,11-9-,16-14-,17-15-,22-20-,23-21-,28-26-,29-27-,33-32-,36-34-,39-37-,42-40-,45-43-. The first kappa shape index (κ1) is 71.9. The number of rotatable bonds is 52. The van der Waals surface area contributed by atoms with Crippen LogP contribution in [0.5, 0.6) is 0 Å². The van der Waals surface area contributed by atoms with Crippen molar-refractivity contribution in [3.8, 4) is 0 Å². The number of allylic oxidation sites excluding steroid dienone is 26. The predicted octanol–water partition coefficient (Wildman–Crippen LogP) is 16.4. The molecule has 0 aliphatic carbocycles. The van der Waals surface area contributed by atoms with E-state index in [1.165, 1.54) is 0 Å². The number of aliphatic carboxylic acids is 1. The lowest BCUT2D eigenvalue weighted by Gasteiger charge is -2.26. The van der Waals surface area contributed by atoms with Crippen LogP contribution in [0.15, 0.2) is 158 Å². The Kier molecular flexibility index (Phi) is 53.3. The minimum atomic E-state index is -1.64. The van der Waals surface area contributed by atoms with Gasteiger partial charge in [-0.25, -0.2) is 0 Å². The molecular weight excluding hydrogens is 959 g/mol. The number of quaternary nitrogens is 1. The monoisotopic (exact) mass is 1070 g/mol. The van der Waals surface area contributed by atoms with Gasteiger partial charge in [0.05, 0.1) is 40.3 Å². The first-order valence-electron chi connectivity index (χ1n) is 29.6. The fourth-order valence-corrected chi connectivity index (χ4v) is 7.28.